The molecule has 0 bridgehead atoms. The van der Waals surface area contributed by atoms with Crippen LogP contribution in [0, 0.1) is 0 Å². The second-order valence-corrected chi connectivity index (χ2v) is 6.79. The second-order valence-electron chi connectivity index (χ2n) is 4.46. The van der Waals surface area contributed by atoms with Gasteiger partial charge in [-0.2, -0.15) is 0 Å². The lowest BCUT2D eigenvalue weighted by atomic mass is 9.88. The second kappa shape index (κ2) is 5.10. The first kappa shape index (κ1) is 12.5. The molecule has 0 radical (unpaired) electrons. The van der Waals surface area contributed by atoms with Gasteiger partial charge in [-0.25, -0.2) is 4.79 Å². The Morgan fingerprint density at radius 2 is 1.82 bits per heavy atom. The van der Waals surface area contributed by atoms with Gasteiger partial charge >= 0.3 is 5.97 Å². The van der Waals surface area contributed by atoms with E-state index in [1.54, 1.807) is 0 Å². The largest absolute Gasteiger partial charge is 0.478 e. The summed E-state index contributed by atoms with van der Waals surface area (Å²) in [5.41, 5.74) is 0.210. The molecule has 17 heavy (non-hydrogen) atoms. The highest BCUT2D eigenvalue weighted by molar-refractivity contribution is 7.97. The molecule has 1 aliphatic heterocycles. The van der Waals surface area contributed by atoms with Crippen molar-refractivity contribution < 1.29 is 15.0 Å². The van der Waals surface area contributed by atoms with Crippen LogP contribution in [0.1, 0.15) is 18.4 Å². The first-order valence-corrected chi connectivity index (χ1v) is 7.47. The highest BCUT2D eigenvalue weighted by Gasteiger charge is 2.40. The van der Waals surface area contributed by atoms with Crippen LogP contribution in [0.2, 0.25) is 0 Å². The molecule has 0 unspecified atom stereocenters. The van der Waals surface area contributed by atoms with E-state index in [1.807, 2.05) is 30.3 Å². The minimum atomic E-state index is -0.747. The first-order valence-electron chi connectivity index (χ1n) is 5.74. The molecule has 1 saturated heterocycles. The Hall–Kier alpha value is -1.00. The van der Waals surface area contributed by atoms with Gasteiger partial charge in [0.25, 0.3) is 0 Å². The fourth-order valence-electron chi connectivity index (χ4n) is 2.21. The van der Waals surface area contributed by atoms with Gasteiger partial charge in [-0.15, -0.1) is 0 Å². The van der Waals surface area contributed by atoms with Crippen LogP contribution in [0.3, 0.4) is 0 Å². The summed E-state index contributed by atoms with van der Waals surface area (Å²) in [4.78, 5) is 10.6. The maximum absolute atomic E-state index is 10.6. The predicted molar refractivity (Wildman–Crippen MR) is 69.2 cm³/mol. The molecule has 1 aliphatic rings. The SMILES string of the molecule is O=C(O)C[S+]1CCC(O)(c2ccccc2)CC1. The van der Waals surface area contributed by atoms with Crippen LogP contribution in [0.15, 0.2) is 30.3 Å². The molecule has 0 aromatic heterocycles. The number of carboxylic acids is 1. The molecular formula is C13H17O3S+. The van der Waals surface area contributed by atoms with Crippen LogP contribution in [0.4, 0.5) is 0 Å². The Morgan fingerprint density at radius 1 is 1.24 bits per heavy atom. The van der Waals surface area contributed by atoms with Gasteiger partial charge in [0.05, 0.1) is 5.60 Å². The van der Waals surface area contributed by atoms with Crippen molar-refractivity contribution in [1.29, 1.82) is 0 Å². The van der Waals surface area contributed by atoms with Crippen molar-refractivity contribution in [2.75, 3.05) is 17.3 Å². The highest BCUT2D eigenvalue weighted by atomic mass is 32.2. The van der Waals surface area contributed by atoms with Crippen LogP contribution in [0.5, 0.6) is 0 Å². The molecule has 0 spiro atoms. The smallest absolute Gasteiger partial charge is 0.353 e. The van der Waals surface area contributed by atoms with Gasteiger partial charge in [0, 0.05) is 12.8 Å². The van der Waals surface area contributed by atoms with Crippen LogP contribution in [-0.4, -0.2) is 33.4 Å². The van der Waals surface area contributed by atoms with Gasteiger partial charge < -0.3 is 10.2 Å². The maximum Gasteiger partial charge on any atom is 0.353 e. The normalized spacial score (nSPS) is 28.9. The summed E-state index contributed by atoms with van der Waals surface area (Å²) in [7, 11) is -0.0547. The fourth-order valence-corrected chi connectivity index (χ4v) is 4.30. The number of rotatable bonds is 3. The number of aliphatic hydroxyl groups is 1. The molecule has 1 aromatic rings. The highest BCUT2D eigenvalue weighted by Crippen LogP contribution is 2.34. The van der Waals surface area contributed by atoms with Gasteiger partial charge in [-0.3, -0.25) is 0 Å². The zero-order valence-corrected chi connectivity index (χ0v) is 10.4. The number of carbonyl (C=O) groups is 1. The van der Waals surface area contributed by atoms with Crippen molar-refractivity contribution >= 4 is 16.9 Å². The van der Waals surface area contributed by atoms with E-state index in [2.05, 4.69) is 0 Å². The number of carboxylic acid groups (broad SMARTS) is 1. The summed E-state index contributed by atoms with van der Waals surface area (Å²) in [6.45, 7) is 0. The lowest BCUT2D eigenvalue weighted by Crippen LogP contribution is -2.39. The van der Waals surface area contributed by atoms with E-state index in [4.69, 9.17) is 5.11 Å². The van der Waals surface area contributed by atoms with Crippen molar-refractivity contribution in [2.45, 2.75) is 18.4 Å². The third-order valence-electron chi connectivity index (χ3n) is 3.25. The van der Waals surface area contributed by atoms with E-state index in [9.17, 15) is 9.90 Å². The molecule has 3 nitrogen and oxygen atoms in total. The van der Waals surface area contributed by atoms with Gasteiger partial charge in [0.15, 0.2) is 0 Å². The molecule has 0 amide bonds. The van der Waals surface area contributed by atoms with Crippen molar-refractivity contribution in [3.63, 3.8) is 0 Å². The molecule has 2 N–H and O–H groups in total. The number of aliphatic carboxylic acids is 1. The van der Waals surface area contributed by atoms with Gasteiger partial charge in [0.2, 0.25) is 5.75 Å². The minimum absolute atomic E-state index is 0.0547. The van der Waals surface area contributed by atoms with Crippen LogP contribution < -0.4 is 0 Å². The van der Waals surface area contributed by atoms with E-state index in [0.29, 0.717) is 12.8 Å². The summed E-state index contributed by atoms with van der Waals surface area (Å²) in [5, 5.41) is 19.3. The van der Waals surface area contributed by atoms with Crippen molar-refractivity contribution in [3.8, 4) is 0 Å². The summed E-state index contributed by atoms with van der Waals surface area (Å²) in [6.07, 6.45) is 1.35. The fraction of sp³-hybridized carbons (Fsp3) is 0.462. The Bertz CT molecular complexity index is 383. The molecule has 0 atom stereocenters. The average Bonchev–Trinajstić information content (AvgIpc) is 2.33. The summed E-state index contributed by atoms with van der Waals surface area (Å²) >= 11 is 0. The Balaban J connectivity index is 2.00. The van der Waals surface area contributed by atoms with Crippen LogP contribution in [-0.2, 0) is 21.3 Å². The topological polar surface area (TPSA) is 57.5 Å². The number of hydrogen-bond acceptors (Lipinski definition) is 2. The van der Waals surface area contributed by atoms with E-state index >= 15 is 0 Å². The number of benzene rings is 1. The Labute approximate surface area is 104 Å². The van der Waals surface area contributed by atoms with E-state index in [-0.39, 0.29) is 16.6 Å². The maximum atomic E-state index is 10.6. The average molecular weight is 253 g/mol. The van der Waals surface area contributed by atoms with Gasteiger partial charge in [0.1, 0.15) is 11.5 Å². The molecule has 1 heterocycles. The first-order chi connectivity index (χ1) is 8.10. The summed E-state index contributed by atoms with van der Waals surface area (Å²) in [5.74, 6) is 1.17. The van der Waals surface area contributed by atoms with Crippen molar-refractivity contribution in [3.05, 3.63) is 35.9 Å². The van der Waals surface area contributed by atoms with E-state index in [0.717, 1.165) is 17.1 Å². The molecule has 1 aromatic carbocycles. The lowest BCUT2D eigenvalue weighted by Gasteiger charge is -2.31. The van der Waals surface area contributed by atoms with E-state index < -0.39 is 11.6 Å². The molecule has 92 valence electrons. The van der Waals surface area contributed by atoms with Gasteiger partial charge in [-0.1, -0.05) is 30.3 Å². The number of hydrogen-bond donors (Lipinski definition) is 2. The molecule has 4 heteroatoms. The monoisotopic (exact) mass is 253 g/mol. The van der Waals surface area contributed by atoms with Crippen LogP contribution in [0.25, 0.3) is 0 Å². The van der Waals surface area contributed by atoms with E-state index in [1.165, 1.54) is 0 Å². The third-order valence-corrected chi connectivity index (χ3v) is 5.47. The Kier molecular flexibility index (Phi) is 3.74. The molecular weight excluding hydrogens is 236 g/mol. The van der Waals surface area contributed by atoms with Crippen LogP contribution >= 0.6 is 0 Å². The van der Waals surface area contributed by atoms with Crippen molar-refractivity contribution in [1.82, 2.24) is 0 Å². The molecule has 0 aliphatic carbocycles. The summed E-state index contributed by atoms with van der Waals surface area (Å²) in [6, 6.07) is 9.68. The van der Waals surface area contributed by atoms with Gasteiger partial charge in [-0.05, 0) is 16.5 Å². The summed E-state index contributed by atoms with van der Waals surface area (Å²) < 4.78 is 0. The zero-order chi connectivity index (χ0) is 12.3. The molecule has 0 saturated carbocycles. The zero-order valence-electron chi connectivity index (χ0n) is 9.63. The predicted octanol–water partition coefficient (Wildman–Crippen LogP) is 1.37. The minimum Gasteiger partial charge on any atom is -0.478 e. The molecule has 2 rings (SSSR count). The van der Waals surface area contributed by atoms with Crippen molar-refractivity contribution in [2.24, 2.45) is 0 Å². The third kappa shape index (κ3) is 3.01. The quantitative estimate of drug-likeness (QED) is 0.800. The standard InChI is InChI=1S/C13H16O3S/c14-12(15)10-17-8-6-13(16,7-9-17)11-4-2-1-3-5-11/h1-5,16H,6-10H2/p+1. The Morgan fingerprint density at radius 3 is 2.35 bits per heavy atom. The lowest BCUT2D eigenvalue weighted by molar-refractivity contribution is -0.134. The molecule has 1 fully saturated rings.